The number of carbonyl (C=O) groups is 1. The lowest BCUT2D eigenvalue weighted by molar-refractivity contribution is -0.130. The van der Waals surface area contributed by atoms with Crippen molar-refractivity contribution in [2.45, 2.75) is 37.6 Å². The van der Waals surface area contributed by atoms with Gasteiger partial charge >= 0.3 is 0 Å². The molecule has 3 rings (SSSR count). The van der Waals surface area contributed by atoms with Crippen LogP contribution in [0.25, 0.3) is 0 Å². The fourth-order valence-electron chi connectivity index (χ4n) is 3.73. The van der Waals surface area contributed by atoms with Gasteiger partial charge < -0.3 is 10.2 Å². The molecule has 2 N–H and O–H groups in total. The molecule has 28 heavy (non-hydrogen) atoms. The second-order valence-corrected chi connectivity index (χ2v) is 9.23. The SMILES string of the molecule is Cc1ccc(S(=O)(=O)NCCC(=O)N2CCC(N3CCNCC3)C2)cc1C.Cl. The van der Waals surface area contributed by atoms with Crippen LogP contribution >= 0.6 is 12.4 Å². The molecule has 2 aliphatic heterocycles. The van der Waals surface area contributed by atoms with E-state index in [1.165, 1.54) is 0 Å². The van der Waals surface area contributed by atoms with Crippen LogP contribution in [-0.2, 0) is 14.8 Å². The van der Waals surface area contributed by atoms with E-state index in [0.717, 1.165) is 56.8 Å². The van der Waals surface area contributed by atoms with Crippen molar-refractivity contribution in [3.05, 3.63) is 29.3 Å². The average molecular weight is 431 g/mol. The third-order valence-corrected chi connectivity index (χ3v) is 7.06. The summed E-state index contributed by atoms with van der Waals surface area (Å²) in [6.07, 6.45) is 1.19. The lowest BCUT2D eigenvalue weighted by Crippen LogP contribution is -2.49. The van der Waals surface area contributed by atoms with Crippen molar-refractivity contribution in [2.24, 2.45) is 0 Å². The zero-order chi connectivity index (χ0) is 19.4. The Morgan fingerprint density at radius 2 is 1.89 bits per heavy atom. The Labute approximate surface area is 174 Å². The maximum absolute atomic E-state index is 12.5. The fourth-order valence-corrected chi connectivity index (χ4v) is 4.85. The highest BCUT2D eigenvalue weighted by atomic mass is 35.5. The van der Waals surface area contributed by atoms with Crippen LogP contribution in [0.5, 0.6) is 0 Å². The quantitative estimate of drug-likeness (QED) is 0.700. The van der Waals surface area contributed by atoms with Crippen molar-refractivity contribution in [3.8, 4) is 0 Å². The van der Waals surface area contributed by atoms with Gasteiger partial charge in [-0.15, -0.1) is 12.4 Å². The minimum Gasteiger partial charge on any atom is -0.341 e. The maximum atomic E-state index is 12.5. The van der Waals surface area contributed by atoms with Crippen molar-refractivity contribution in [1.29, 1.82) is 0 Å². The standard InChI is InChI=1S/C19H30N4O3S.ClH/c1-15-3-4-18(13-16(15)2)27(25,26)21-7-5-19(24)23-10-6-17(14-23)22-11-8-20-9-12-22;/h3-4,13,17,20-21H,5-12,14H2,1-2H3;1H. The van der Waals surface area contributed by atoms with E-state index in [0.29, 0.717) is 6.04 Å². The van der Waals surface area contributed by atoms with E-state index in [-0.39, 0.29) is 36.2 Å². The number of piperazine rings is 1. The Bertz CT molecular complexity index is 781. The third-order valence-electron chi connectivity index (χ3n) is 5.60. The Balaban J connectivity index is 0.00000280. The van der Waals surface area contributed by atoms with Gasteiger partial charge in [0.1, 0.15) is 0 Å². The molecule has 7 nitrogen and oxygen atoms in total. The summed E-state index contributed by atoms with van der Waals surface area (Å²) >= 11 is 0. The number of hydrogen-bond donors (Lipinski definition) is 2. The number of benzene rings is 1. The predicted octanol–water partition coefficient (Wildman–Crippen LogP) is 0.900. The molecule has 1 aromatic rings. The van der Waals surface area contributed by atoms with Crippen molar-refractivity contribution >= 4 is 28.3 Å². The summed E-state index contributed by atoms with van der Waals surface area (Å²) in [5, 5.41) is 3.35. The normalized spacial score (nSPS) is 20.8. The maximum Gasteiger partial charge on any atom is 0.240 e. The Kier molecular flexibility index (Phi) is 8.27. The number of hydrogen-bond acceptors (Lipinski definition) is 5. The molecular formula is C19H31ClN4O3S. The lowest BCUT2D eigenvalue weighted by Gasteiger charge is -2.32. The zero-order valence-electron chi connectivity index (χ0n) is 16.6. The molecule has 158 valence electrons. The first kappa shape index (κ1) is 23.1. The Morgan fingerprint density at radius 1 is 1.18 bits per heavy atom. The summed E-state index contributed by atoms with van der Waals surface area (Å²) in [7, 11) is -3.58. The van der Waals surface area contributed by atoms with E-state index in [9.17, 15) is 13.2 Å². The van der Waals surface area contributed by atoms with Gasteiger partial charge in [-0.1, -0.05) is 6.07 Å². The van der Waals surface area contributed by atoms with E-state index in [2.05, 4.69) is 14.9 Å². The minimum atomic E-state index is -3.58. The van der Waals surface area contributed by atoms with E-state index in [1.54, 1.807) is 18.2 Å². The molecule has 1 atom stereocenters. The molecule has 0 saturated carbocycles. The number of rotatable bonds is 6. The molecular weight excluding hydrogens is 400 g/mol. The Hall–Kier alpha value is -1.19. The smallest absolute Gasteiger partial charge is 0.240 e. The summed E-state index contributed by atoms with van der Waals surface area (Å²) in [6, 6.07) is 5.50. The topological polar surface area (TPSA) is 81.8 Å². The summed E-state index contributed by atoms with van der Waals surface area (Å²) in [4.78, 5) is 17.0. The van der Waals surface area contributed by atoms with Crippen LogP contribution in [0, 0.1) is 13.8 Å². The van der Waals surface area contributed by atoms with Crippen LogP contribution in [0.15, 0.2) is 23.1 Å². The van der Waals surface area contributed by atoms with Crippen LogP contribution in [-0.4, -0.2) is 76.0 Å². The van der Waals surface area contributed by atoms with Gasteiger partial charge in [-0.2, -0.15) is 0 Å². The fraction of sp³-hybridized carbons (Fsp3) is 0.632. The van der Waals surface area contributed by atoms with Crippen LogP contribution in [0.3, 0.4) is 0 Å². The summed E-state index contributed by atoms with van der Waals surface area (Å²) in [5.41, 5.74) is 1.99. The molecule has 2 heterocycles. The highest BCUT2D eigenvalue weighted by Crippen LogP contribution is 2.17. The first-order chi connectivity index (χ1) is 12.9. The van der Waals surface area contributed by atoms with Gasteiger partial charge in [-0.05, 0) is 43.5 Å². The summed E-state index contributed by atoms with van der Waals surface area (Å²) in [5.74, 6) is 0.0235. The number of likely N-dealkylation sites (tertiary alicyclic amines) is 1. The number of amides is 1. The average Bonchev–Trinajstić information content (AvgIpc) is 3.15. The summed E-state index contributed by atoms with van der Waals surface area (Å²) in [6.45, 7) is 9.55. The van der Waals surface area contributed by atoms with Gasteiger partial charge in [0.15, 0.2) is 0 Å². The number of nitrogens with one attached hydrogen (secondary N) is 2. The van der Waals surface area contributed by atoms with Gasteiger partial charge in [-0.25, -0.2) is 13.1 Å². The molecule has 1 unspecified atom stereocenters. The van der Waals surface area contributed by atoms with Gasteiger partial charge in [0.05, 0.1) is 4.90 Å². The van der Waals surface area contributed by atoms with E-state index >= 15 is 0 Å². The predicted molar refractivity (Wildman–Crippen MR) is 112 cm³/mol. The van der Waals surface area contributed by atoms with Crippen molar-refractivity contribution in [1.82, 2.24) is 19.8 Å². The number of nitrogens with zero attached hydrogens (tertiary/aromatic N) is 2. The first-order valence-corrected chi connectivity index (χ1v) is 11.1. The van der Waals surface area contributed by atoms with Crippen LogP contribution < -0.4 is 10.0 Å². The molecule has 0 aromatic heterocycles. The zero-order valence-corrected chi connectivity index (χ0v) is 18.2. The molecule has 1 amide bonds. The molecule has 2 saturated heterocycles. The summed E-state index contributed by atoms with van der Waals surface area (Å²) < 4.78 is 27.4. The minimum absolute atomic E-state index is 0. The highest BCUT2D eigenvalue weighted by Gasteiger charge is 2.30. The van der Waals surface area contributed by atoms with Gasteiger partial charge in [0, 0.05) is 58.3 Å². The van der Waals surface area contributed by atoms with Gasteiger partial charge in [0.25, 0.3) is 0 Å². The van der Waals surface area contributed by atoms with Crippen LogP contribution in [0.4, 0.5) is 0 Å². The highest BCUT2D eigenvalue weighted by molar-refractivity contribution is 7.89. The van der Waals surface area contributed by atoms with E-state index in [4.69, 9.17) is 0 Å². The van der Waals surface area contributed by atoms with Gasteiger partial charge in [0.2, 0.25) is 15.9 Å². The molecule has 0 radical (unpaired) electrons. The van der Waals surface area contributed by atoms with Crippen LogP contribution in [0.2, 0.25) is 0 Å². The molecule has 2 fully saturated rings. The molecule has 0 aliphatic carbocycles. The molecule has 1 aromatic carbocycles. The van der Waals surface area contributed by atoms with E-state index in [1.807, 2.05) is 18.7 Å². The molecule has 0 spiro atoms. The Morgan fingerprint density at radius 3 is 2.57 bits per heavy atom. The molecule has 2 aliphatic rings. The number of aryl methyl sites for hydroxylation is 2. The van der Waals surface area contributed by atoms with Crippen molar-refractivity contribution < 1.29 is 13.2 Å². The first-order valence-electron chi connectivity index (χ1n) is 9.66. The van der Waals surface area contributed by atoms with Crippen LogP contribution in [0.1, 0.15) is 24.0 Å². The van der Waals surface area contributed by atoms with Crippen molar-refractivity contribution in [3.63, 3.8) is 0 Å². The van der Waals surface area contributed by atoms with Crippen molar-refractivity contribution in [2.75, 3.05) is 45.8 Å². The monoisotopic (exact) mass is 430 g/mol. The van der Waals surface area contributed by atoms with E-state index < -0.39 is 10.0 Å². The second-order valence-electron chi connectivity index (χ2n) is 7.46. The lowest BCUT2D eigenvalue weighted by atomic mass is 10.1. The number of sulfonamides is 1. The molecule has 0 bridgehead atoms. The van der Waals surface area contributed by atoms with Gasteiger partial charge in [-0.3, -0.25) is 9.69 Å². The third kappa shape index (κ3) is 5.67. The second kappa shape index (κ2) is 10.0. The number of carbonyl (C=O) groups excluding carboxylic acids is 1. The molecule has 9 heteroatoms. The largest absolute Gasteiger partial charge is 0.341 e. The number of halogens is 1.